The molecule has 4 aliphatic carbocycles. The Kier molecular flexibility index (Phi) is 5.52. The summed E-state index contributed by atoms with van der Waals surface area (Å²) in [5.74, 6) is 0.0591. The van der Waals surface area contributed by atoms with Crippen molar-refractivity contribution in [2.45, 2.75) is 64.1 Å². The number of rotatable bonds is 4. The van der Waals surface area contributed by atoms with Gasteiger partial charge in [0.2, 0.25) is 0 Å². The zero-order chi connectivity index (χ0) is 21.8. The van der Waals surface area contributed by atoms with Crippen LogP contribution >= 0.6 is 0 Å². The van der Waals surface area contributed by atoms with E-state index < -0.39 is 17.4 Å². The van der Waals surface area contributed by atoms with Crippen molar-refractivity contribution in [3.63, 3.8) is 0 Å². The molecule has 4 fully saturated rings. The summed E-state index contributed by atoms with van der Waals surface area (Å²) in [6.07, 6.45) is 6.78. The Morgan fingerprint density at radius 3 is 2.74 bits per heavy atom. The lowest BCUT2D eigenvalue weighted by Crippen LogP contribution is -2.61. The van der Waals surface area contributed by atoms with E-state index in [1.54, 1.807) is 0 Å². The van der Waals surface area contributed by atoms with E-state index in [1.165, 1.54) is 0 Å². The third kappa shape index (κ3) is 3.15. The molecule has 1 aliphatic heterocycles. The van der Waals surface area contributed by atoms with E-state index in [4.69, 9.17) is 4.84 Å². The number of carbonyl (C=O) groups is 1. The molecule has 172 valence electrons. The normalized spacial score (nSPS) is 48.2. The highest BCUT2D eigenvalue weighted by Crippen LogP contribution is 2.65. The highest BCUT2D eigenvalue weighted by molar-refractivity contribution is 5.96. The second kappa shape index (κ2) is 7.94. The summed E-state index contributed by atoms with van der Waals surface area (Å²) in [6.45, 7) is 3.64. The third-order valence-electron chi connectivity index (χ3n) is 9.49. The van der Waals surface area contributed by atoms with Crippen LogP contribution in [0, 0.1) is 34.5 Å². The average Bonchev–Trinajstić information content (AvgIpc) is 3.40. The summed E-state index contributed by atoms with van der Waals surface area (Å²) < 4.78 is 0. The lowest BCUT2D eigenvalue weighted by atomic mass is 9.44. The second-order valence-corrected chi connectivity index (χ2v) is 10.7. The average molecular weight is 433 g/mol. The van der Waals surface area contributed by atoms with Crippen molar-refractivity contribution in [2.75, 3.05) is 26.3 Å². The molecule has 0 bridgehead atoms. The molecule has 1 saturated heterocycles. The first kappa shape index (κ1) is 21.6. The van der Waals surface area contributed by atoms with Crippen LogP contribution in [0.15, 0.2) is 16.8 Å². The minimum atomic E-state index is -0.712. The molecular formula is C24H36N2O5. The van der Waals surface area contributed by atoms with Gasteiger partial charge in [-0.1, -0.05) is 17.7 Å². The van der Waals surface area contributed by atoms with Gasteiger partial charge in [0.1, 0.15) is 11.9 Å². The maximum absolute atomic E-state index is 12.7. The molecule has 5 aliphatic rings. The Balaban J connectivity index is 1.50. The van der Waals surface area contributed by atoms with Gasteiger partial charge >= 0.3 is 0 Å². The van der Waals surface area contributed by atoms with Gasteiger partial charge in [-0.2, -0.15) is 0 Å². The zero-order valence-corrected chi connectivity index (χ0v) is 18.4. The molecule has 4 N–H and O–H groups in total. The molecule has 0 aromatic heterocycles. The van der Waals surface area contributed by atoms with E-state index in [-0.39, 0.29) is 42.5 Å². The quantitative estimate of drug-likeness (QED) is 0.500. The van der Waals surface area contributed by atoms with Gasteiger partial charge < -0.3 is 25.5 Å². The van der Waals surface area contributed by atoms with E-state index in [0.717, 1.165) is 56.5 Å². The lowest BCUT2D eigenvalue weighted by molar-refractivity contribution is -0.152. The van der Waals surface area contributed by atoms with Crippen LogP contribution in [0.1, 0.15) is 51.9 Å². The number of oxime groups is 1. The van der Waals surface area contributed by atoms with Crippen molar-refractivity contribution >= 4 is 11.5 Å². The molecule has 8 unspecified atom stereocenters. The molecule has 31 heavy (non-hydrogen) atoms. The van der Waals surface area contributed by atoms with Gasteiger partial charge in [-0.3, -0.25) is 4.79 Å². The monoisotopic (exact) mass is 432 g/mol. The van der Waals surface area contributed by atoms with Gasteiger partial charge in [-0.15, -0.1) is 0 Å². The van der Waals surface area contributed by atoms with Crippen molar-refractivity contribution in [2.24, 2.45) is 39.7 Å². The Labute approximate surface area is 183 Å². The van der Waals surface area contributed by atoms with Crippen LogP contribution in [0.4, 0.5) is 0 Å². The molecule has 1 heterocycles. The zero-order valence-electron chi connectivity index (χ0n) is 18.4. The predicted molar refractivity (Wildman–Crippen MR) is 115 cm³/mol. The predicted octanol–water partition coefficient (Wildman–Crippen LogP) is 1.41. The highest BCUT2D eigenvalue weighted by atomic mass is 16.6. The number of nitrogens with zero attached hydrogens (tertiary/aromatic N) is 1. The fraction of sp³-hybridized carbons (Fsp3) is 0.833. The van der Waals surface area contributed by atoms with Gasteiger partial charge in [0.15, 0.2) is 0 Å². The largest absolute Gasteiger partial charge is 0.396 e. The summed E-state index contributed by atoms with van der Waals surface area (Å²) in [7, 11) is 0. The molecular weight excluding hydrogens is 396 g/mol. The van der Waals surface area contributed by atoms with Crippen molar-refractivity contribution in [3.05, 3.63) is 11.6 Å². The molecule has 5 rings (SSSR count). The minimum Gasteiger partial charge on any atom is -0.396 e. The topological polar surface area (TPSA) is 111 Å². The number of hydrogen-bond acceptors (Lipinski definition) is 7. The van der Waals surface area contributed by atoms with E-state index in [0.29, 0.717) is 18.6 Å². The van der Waals surface area contributed by atoms with Crippen LogP contribution in [0.5, 0.6) is 0 Å². The fourth-order valence-electron chi connectivity index (χ4n) is 7.73. The van der Waals surface area contributed by atoms with Gasteiger partial charge in [-0.25, -0.2) is 0 Å². The molecule has 7 heteroatoms. The molecule has 3 saturated carbocycles. The Hall–Kier alpha value is -1.28. The number of fused-ring (bicyclic) bond motifs is 5. The summed E-state index contributed by atoms with van der Waals surface area (Å²) in [4.78, 5) is 18.4. The van der Waals surface area contributed by atoms with Crippen LogP contribution in [-0.2, 0) is 9.63 Å². The standard InChI is InChI=1S/C24H36N2O5/c1-23-7-5-18-21(17(23)2-3-20(23)29)22(30)16(12-27)19-10-14(4-8-24(18,19)13-28)26-31-15-6-9-25-11-15/h10,15-18,21-22,25,27-28,30H,2-9,11-13H2,1H3. The van der Waals surface area contributed by atoms with E-state index in [1.807, 2.05) is 6.08 Å². The fourth-order valence-corrected chi connectivity index (χ4v) is 7.73. The first-order valence-corrected chi connectivity index (χ1v) is 12.0. The van der Waals surface area contributed by atoms with Crippen LogP contribution < -0.4 is 5.32 Å². The van der Waals surface area contributed by atoms with Crippen molar-refractivity contribution in [1.82, 2.24) is 5.32 Å². The molecule has 7 nitrogen and oxygen atoms in total. The number of aliphatic hydroxyl groups excluding tert-OH is 3. The SMILES string of the molecule is CC12CCC3C(C(O)C(CO)C4=CC(=NOC5CCNC5)CCC43CO)C1CCC2=O. The Bertz CT molecular complexity index is 791. The van der Waals surface area contributed by atoms with Gasteiger partial charge in [0.05, 0.1) is 25.0 Å². The molecule has 0 radical (unpaired) electrons. The molecule has 8 atom stereocenters. The van der Waals surface area contributed by atoms with Gasteiger partial charge in [0, 0.05) is 36.1 Å². The third-order valence-corrected chi connectivity index (χ3v) is 9.49. The summed E-state index contributed by atoms with van der Waals surface area (Å²) >= 11 is 0. The van der Waals surface area contributed by atoms with Crippen molar-refractivity contribution < 1.29 is 25.0 Å². The number of allylic oxidation sites excluding steroid dienone is 1. The van der Waals surface area contributed by atoms with E-state index in [9.17, 15) is 20.1 Å². The van der Waals surface area contributed by atoms with Crippen molar-refractivity contribution in [3.8, 4) is 0 Å². The van der Waals surface area contributed by atoms with E-state index >= 15 is 0 Å². The minimum absolute atomic E-state index is 0.00127. The van der Waals surface area contributed by atoms with Gasteiger partial charge in [-0.05, 0) is 62.5 Å². The van der Waals surface area contributed by atoms with Crippen LogP contribution in [0.25, 0.3) is 0 Å². The summed E-state index contributed by atoms with van der Waals surface area (Å²) in [6, 6.07) is 0. The molecule has 0 amide bonds. The number of carbonyl (C=O) groups excluding carboxylic acids is 1. The van der Waals surface area contributed by atoms with Crippen LogP contribution in [0.2, 0.25) is 0 Å². The number of hydrogen-bond donors (Lipinski definition) is 4. The molecule has 0 aromatic rings. The van der Waals surface area contributed by atoms with Gasteiger partial charge in [0.25, 0.3) is 0 Å². The number of Topliss-reactive ketones (excluding diaryl/α,β-unsaturated/α-hetero) is 1. The van der Waals surface area contributed by atoms with E-state index in [2.05, 4.69) is 17.4 Å². The summed E-state index contributed by atoms with van der Waals surface area (Å²) in [5, 5.41) is 40.2. The summed E-state index contributed by atoms with van der Waals surface area (Å²) in [5.41, 5.74) is 0.923. The lowest BCUT2D eigenvalue weighted by Gasteiger charge is -2.61. The second-order valence-electron chi connectivity index (χ2n) is 10.7. The molecule has 0 spiro atoms. The maximum Gasteiger partial charge on any atom is 0.141 e. The smallest absolute Gasteiger partial charge is 0.141 e. The number of aliphatic hydroxyl groups is 3. The number of ketones is 1. The maximum atomic E-state index is 12.7. The van der Waals surface area contributed by atoms with Crippen LogP contribution in [0.3, 0.4) is 0 Å². The number of nitrogens with one attached hydrogen (secondary N) is 1. The van der Waals surface area contributed by atoms with Crippen LogP contribution in [-0.4, -0.2) is 65.3 Å². The molecule has 0 aromatic carbocycles. The highest BCUT2D eigenvalue weighted by Gasteiger charge is 2.64. The Morgan fingerprint density at radius 2 is 2.03 bits per heavy atom. The first-order valence-electron chi connectivity index (χ1n) is 12.0. The Morgan fingerprint density at radius 1 is 1.19 bits per heavy atom. The first-order chi connectivity index (χ1) is 14.9. The van der Waals surface area contributed by atoms with Crippen molar-refractivity contribution in [1.29, 1.82) is 0 Å².